The van der Waals surface area contributed by atoms with E-state index < -0.39 is 0 Å². The first kappa shape index (κ1) is 7.31. The summed E-state index contributed by atoms with van der Waals surface area (Å²) < 4.78 is 0. The molecule has 0 radical (unpaired) electrons. The molecule has 0 aliphatic heterocycles. The van der Waals surface area contributed by atoms with Crippen LogP contribution in [-0.4, -0.2) is 4.98 Å². The molecule has 2 aliphatic carbocycles. The van der Waals surface area contributed by atoms with Gasteiger partial charge in [0.25, 0.3) is 0 Å². The number of rotatable bonds is 0. The van der Waals surface area contributed by atoms with E-state index in [-0.39, 0.29) is 0 Å². The summed E-state index contributed by atoms with van der Waals surface area (Å²) in [5, 5.41) is 0. The minimum Gasteiger partial charge on any atom is -0.264 e. The third kappa shape index (κ3) is 0.902. The van der Waals surface area contributed by atoms with E-state index in [2.05, 4.69) is 29.4 Å². The first-order chi connectivity index (χ1) is 6.41. The van der Waals surface area contributed by atoms with Crippen molar-refractivity contribution in [3.05, 3.63) is 35.7 Å². The van der Waals surface area contributed by atoms with E-state index in [1.54, 1.807) is 0 Å². The predicted octanol–water partition coefficient (Wildman–Crippen LogP) is 2.92. The second kappa shape index (κ2) is 2.44. The van der Waals surface area contributed by atoms with Gasteiger partial charge in [0.05, 0.1) is 0 Å². The second-order valence-electron chi connectivity index (χ2n) is 4.16. The molecule has 2 aliphatic rings. The van der Waals surface area contributed by atoms with Gasteiger partial charge < -0.3 is 0 Å². The van der Waals surface area contributed by atoms with Crippen molar-refractivity contribution in [2.24, 2.45) is 0 Å². The summed E-state index contributed by atoms with van der Waals surface area (Å²) in [4.78, 5) is 4.24. The standard InChI is InChI=1S/C12H13N/c1-2-6-12(5-1)7-3-10-4-8-13-9-11(10)12/h3-4,7-9H,1-2,5-6H2. The van der Waals surface area contributed by atoms with Gasteiger partial charge in [-0.15, -0.1) is 0 Å². The fourth-order valence-corrected chi connectivity index (χ4v) is 2.75. The first-order valence-corrected chi connectivity index (χ1v) is 5.04. The Balaban J connectivity index is 2.16. The average molecular weight is 171 g/mol. The summed E-state index contributed by atoms with van der Waals surface area (Å²) in [6, 6.07) is 2.12. The van der Waals surface area contributed by atoms with Crippen LogP contribution in [0.4, 0.5) is 0 Å². The Morgan fingerprint density at radius 3 is 2.92 bits per heavy atom. The molecular weight excluding hydrogens is 158 g/mol. The summed E-state index contributed by atoms with van der Waals surface area (Å²) in [6.07, 6.45) is 14.0. The Kier molecular flexibility index (Phi) is 1.37. The van der Waals surface area contributed by atoms with E-state index in [0.717, 1.165) is 0 Å². The van der Waals surface area contributed by atoms with Crippen LogP contribution >= 0.6 is 0 Å². The van der Waals surface area contributed by atoms with Gasteiger partial charge in [-0.1, -0.05) is 25.0 Å². The fraction of sp³-hybridized carbons (Fsp3) is 0.417. The Bertz CT molecular complexity index is 359. The molecule has 0 saturated heterocycles. The Morgan fingerprint density at radius 2 is 2.08 bits per heavy atom. The Morgan fingerprint density at radius 1 is 1.23 bits per heavy atom. The molecule has 1 spiro atoms. The monoisotopic (exact) mass is 171 g/mol. The molecular formula is C12H13N. The van der Waals surface area contributed by atoms with E-state index in [1.165, 1.54) is 36.8 Å². The topological polar surface area (TPSA) is 12.9 Å². The van der Waals surface area contributed by atoms with Crippen molar-refractivity contribution in [3.8, 4) is 0 Å². The molecule has 3 rings (SSSR count). The van der Waals surface area contributed by atoms with Crippen LogP contribution in [0.15, 0.2) is 24.5 Å². The van der Waals surface area contributed by atoms with E-state index in [9.17, 15) is 0 Å². The molecule has 0 unspecified atom stereocenters. The summed E-state index contributed by atoms with van der Waals surface area (Å²) in [7, 11) is 0. The van der Waals surface area contributed by atoms with Gasteiger partial charge in [-0.05, 0) is 30.0 Å². The van der Waals surface area contributed by atoms with Gasteiger partial charge in [0.2, 0.25) is 0 Å². The minimum absolute atomic E-state index is 0.379. The number of hydrogen-bond acceptors (Lipinski definition) is 1. The van der Waals surface area contributed by atoms with Crippen LogP contribution in [0.25, 0.3) is 6.08 Å². The van der Waals surface area contributed by atoms with Crippen molar-refractivity contribution >= 4 is 6.08 Å². The lowest BCUT2D eigenvalue weighted by Gasteiger charge is -2.21. The predicted molar refractivity (Wildman–Crippen MR) is 53.4 cm³/mol. The normalized spacial score (nSPS) is 22.5. The number of pyridine rings is 1. The summed E-state index contributed by atoms with van der Waals surface area (Å²) in [5.74, 6) is 0. The summed E-state index contributed by atoms with van der Waals surface area (Å²) >= 11 is 0. The van der Waals surface area contributed by atoms with Crippen LogP contribution < -0.4 is 0 Å². The number of nitrogens with zero attached hydrogens (tertiary/aromatic N) is 1. The third-order valence-electron chi connectivity index (χ3n) is 3.47. The molecule has 1 heterocycles. The average Bonchev–Trinajstić information content (AvgIpc) is 2.78. The zero-order chi connectivity index (χ0) is 8.73. The lowest BCUT2D eigenvalue weighted by molar-refractivity contribution is 0.566. The highest BCUT2D eigenvalue weighted by atomic mass is 14.6. The number of fused-ring (bicyclic) bond motifs is 2. The molecule has 0 bridgehead atoms. The molecule has 13 heavy (non-hydrogen) atoms. The van der Waals surface area contributed by atoms with Crippen LogP contribution in [0, 0.1) is 0 Å². The zero-order valence-electron chi connectivity index (χ0n) is 7.66. The van der Waals surface area contributed by atoms with Gasteiger partial charge in [0, 0.05) is 17.8 Å². The summed E-state index contributed by atoms with van der Waals surface area (Å²) in [6.45, 7) is 0. The maximum atomic E-state index is 4.24. The van der Waals surface area contributed by atoms with Crippen LogP contribution in [0.3, 0.4) is 0 Å². The van der Waals surface area contributed by atoms with Crippen LogP contribution in [-0.2, 0) is 5.41 Å². The minimum atomic E-state index is 0.379. The van der Waals surface area contributed by atoms with Gasteiger partial charge in [-0.3, -0.25) is 4.98 Å². The van der Waals surface area contributed by atoms with Gasteiger partial charge in [-0.25, -0.2) is 0 Å². The van der Waals surface area contributed by atoms with Crippen LogP contribution in [0.1, 0.15) is 36.8 Å². The molecule has 1 saturated carbocycles. The fourth-order valence-electron chi connectivity index (χ4n) is 2.75. The van der Waals surface area contributed by atoms with Crippen LogP contribution in [0.5, 0.6) is 0 Å². The number of allylic oxidation sites excluding steroid dienone is 1. The van der Waals surface area contributed by atoms with Gasteiger partial charge in [0.1, 0.15) is 0 Å². The molecule has 1 aromatic heterocycles. The highest BCUT2D eigenvalue weighted by Gasteiger charge is 2.37. The van der Waals surface area contributed by atoms with Crippen molar-refractivity contribution in [1.82, 2.24) is 4.98 Å². The second-order valence-corrected chi connectivity index (χ2v) is 4.16. The maximum absolute atomic E-state index is 4.24. The van der Waals surface area contributed by atoms with Gasteiger partial charge >= 0.3 is 0 Å². The van der Waals surface area contributed by atoms with Gasteiger partial charge in [0.15, 0.2) is 0 Å². The highest BCUT2D eigenvalue weighted by Crippen LogP contribution is 2.47. The van der Waals surface area contributed by atoms with Crippen molar-refractivity contribution in [2.45, 2.75) is 31.1 Å². The third-order valence-corrected chi connectivity index (χ3v) is 3.47. The quantitative estimate of drug-likeness (QED) is 0.585. The lowest BCUT2D eigenvalue weighted by atomic mass is 9.82. The van der Waals surface area contributed by atoms with E-state index in [4.69, 9.17) is 0 Å². The number of hydrogen-bond donors (Lipinski definition) is 0. The summed E-state index contributed by atoms with van der Waals surface area (Å²) in [5.41, 5.74) is 3.23. The molecule has 0 amide bonds. The Labute approximate surface area is 78.5 Å². The van der Waals surface area contributed by atoms with Crippen LogP contribution in [0.2, 0.25) is 0 Å². The van der Waals surface area contributed by atoms with E-state index in [0.29, 0.717) is 5.41 Å². The number of aromatic nitrogens is 1. The molecule has 0 atom stereocenters. The Hall–Kier alpha value is -1.11. The van der Waals surface area contributed by atoms with E-state index in [1.807, 2.05) is 6.20 Å². The zero-order valence-corrected chi connectivity index (χ0v) is 7.66. The van der Waals surface area contributed by atoms with Crippen molar-refractivity contribution in [1.29, 1.82) is 0 Å². The molecule has 1 heteroatoms. The van der Waals surface area contributed by atoms with Gasteiger partial charge in [-0.2, -0.15) is 0 Å². The molecule has 1 nitrogen and oxygen atoms in total. The largest absolute Gasteiger partial charge is 0.264 e. The SMILES string of the molecule is C1=CC2(CCCC2)c2cnccc21. The molecule has 1 fully saturated rings. The maximum Gasteiger partial charge on any atom is 0.0314 e. The van der Waals surface area contributed by atoms with E-state index >= 15 is 0 Å². The molecule has 1 aromatic rings. The molecule has 66 valence electrons. The smallest absolute Gasteiger partial charge is 0.0314 e. The first-order valence-electron chi connectivity index (χ1n) is 5.04. The molecule has 0 aromatic carbocycles. The molecule has 0 N–H and O–H groups in total. The van der Waals surface area contributed by atoms with Crippen molar-refractivity contribution in [3.63, 3.8) is 0 Å². The van der Waals surface area contributed by atoms with Crippen molar-refractivity contribution < 1.29 is 0 Å². The highest BCUT2D eigenvalue weighted by molar-refractivity contribution is 5.64. The van der Waals surface area contributed by atoms with Crippen molar-refractivity contribution in [2.75, 3.05) is 0 Å². The lowest BCUT2D eigenvalue weighted by Crippen LogP contribution is -2.16.